The van der Waals surface area contributed by atoms with Gasteiger partial charge in [0.1, 0.15) is 5.01 Å². The zero-order valence-electron chi connectivity index (χ0n) is 13.1. The van der Waals surface area contributed by atoms with E-state index in [1.807, 2.05) is 13.0 Å². The van der Waals surface area contributed by atoms with Gasteiger partial charge in [0, 0.05) is 13.2 Å². The molecule has 0 saturated carbocycles. The monoisotopic (exact) mass is 304 g/mol. The van der Waals surface area contributed by atoms with Gasteiger partial charge in [0.15, 0.2) is 0 Å². The highest BCUT2D eigenvalue weighted by Crippen LogP contribution is 2.30. The molecule has 0 atom stereocenters. The Morgan fingerprint density at radius 3 is 2.67 bits per heavy atom. The highest BCUT2D eigenvalue weighted by atomic mass is 32.1. The third-order valence-corrected chi connectivity index (χ3v) is 4.17. The van der Waals surface area contributed by atoms with Crippen LogP contribution in [0.5, 0.6) is 0 Å². The van der Waals surface area contributed by atoms with Crippen LogP contribution in [0.3, 0.4) is 0 Å². The minimum Gasteiger partial charge on any atom is -0.375 e. The number of aromatic nitrogens is 1. The molecule has 1 aromatic carbocycles. The Morgan fingerprint density at radius 1 is 1.24 bits per heavy atom. The van der Waals surface area contributed by atoms with Gasteiger partial charge in [-0.2, -0.15) is 0 Å². The number of nitrogens with one attached hydrogen (secondary N) is 1. The third-order valence-electron chi connectivity index (χ3n) is 3.05. The largest absolute Gasteiger partial charge is 0.375 e. The van der Waals surface area contributed by atoms with E-state index in [9.17, 15) is 0 Å². The summed E-state index contributed by atoms with van der Waals surface area (Å²) in [6.07, 6.45) is 0. The molecule has 21 heavy (non-hydrogen) atoms. The fourth-order valence-corrected chi connectivity index (χ4v) is 3.09. The summed E-state index contributed by atoms with van der Waals surface area (Å²) in [5.41, 5.74) is 2.36. The van der Waals surface area contributed by atoms with E-state index in [1.54, 1.807) is 11.3 Å². The van der Waals surface area contributed by atoms with Crippen molar-refractivity contribution in [1.29, 1.82) is 0 Å². The lowest BCUT2D eigenvalue weighted by Gasteiger charge is -2.07. The Kier molecular flexibility index (Phi) is 6.36. The minimum atomic E-state index is 0.602. The fraction of sp³-hybridized carbons (Fsp3) is 0.471. The Hall–Kier alpha value is -1.23. The van der Waals surface area contributed by atoms with E-state index >= 15 is 0 Å². The molecular formula is C17H24N2OS. The predicted octanol–water partition coefficient (Wildman–Crippen LogP) is 4.09. The van der Waals surface area contributed by atoms with Crippen LogP contribution in [0.2, 0.25) is 0 Å². The maximum absolute atomic E-state index is 5.49. The van der Waals surface area contributed by atoms with Crippen LogP contribution in [0.1, 0.15) is 31.5 Å². The lowest BCUT2D eigenvalue weighted by Crippen LogP contribution is -2.19. The summed E-state index contributed by atoms with van der Waals surface area (Å²) in [5, 5.41) is 4.54. The molecule has 0 amide bonds. The van der Waals surface area contributed by atoms with Crippen LogP contribution in [-0.2, 0) is 17.9 Å². The molecule has 0 fully saturated rings. The van der Waals surface area contributed by atoms with Gasteiger partial charge in [-0.25, -0.2) is 4.98 Å². The van der Waals surface area contributed by atoms with E-state index in [0.29, 0.717) is 12.5 Å². The van der Waals surface area contributed by atoms with Crippen molar-refractivity contribution < 1.29 is 4.74 Å². The molecule has 0 saturated heterocycles. The smallest absolute Gasteiger partial charge is 0.119 e. The van der Waals surface area contributed by atoms with Gasteiger partial charge in [-0.15, -0.1) is 11.3 Å². The normalized spacial score (nSPS) is 11.2. The van der Waals surface area contributed by atoms with Crippen LogP contribution in [0.15, 0.2) is 30.3 Å². The molecule has 0 aliphatic rings. The van der Waals surface area contributed by atoms with Crippen molar-refractivity contribution in [2.24, 2.45) is 5.92 Å². The lowest BCUT2D eigenvalue weighted by molar-refractivity contribution is 0.133. The van der Waals surface area contributed by atoms with E-state index in [-0.39, 0.29) is 0 Å². The summed E-state index contributed by atoms with van der Waals surface area (Å²) >= 11 is 1.74. The number of benzene rings is 1. The first kappa shape index (κ1) is 16.1. The minimum absolute atomic E-state index is 0.602. The molecule has 2 rings (SSSR count). The van der Waals surface area contributed by atoms with Crippen LogP contribution < -0.4 is 5.32 Å². The van der Waals surface area contributed by atoms with E-state index in [1.165, 1.54) is 10.4 Å². The molecule has 114 valence electrons. The van der Waals surface area contributed by atoms with Crippen molar-refractivity contribution in [3.05, 3.63) is 41.0 Å². The molecule has 4 heteroatoms. The quantitative estimate of drug-likeness (QED) is 0.797. The van der Waals surface area contributed by atoms with E-state index in [4.69, 9.17) is 9.72 Å². The number of rotatable bonds is 8. The summed E-state index contributed by atoms with van der Waals surface area (Å²) < 4.78 is 5.49. The van der Waals surface area contributed by atoms with E-state index in [2.05, 4.69) is 43.4 Å². The number of hydrogen-bond donors (Lipinski definition) is 1. The van der Waals surface area contributed by atoms with Crippen molar-refractivity contribution in [1.82, 2.24) is 10.3 Å². The Bertz CT molecular complexity index is 537. The van der Waals surface area contributed by atoms with Crippen LogP contribution in [0.25, 0.3) is 10.4 Å². The molecule has 0 bridgehead atoms. The Balaban J connectivity index is 2.17. The topological polar surface area (TPSA) is 34.1 Å². The van der Waals surface area contributed by atoms with E-state index < -0.39 is 0 Å². The van der Waals surface area contributed by atoms with Crippen LogP contribution >= 0.6 is 11.3 Å². The van der Waals surface area contributed by atoms with Gasteiger partial charge in [0.05, 0.1) is 17.2 Å². The van der Waals surface area contributed by atoms with Gasteiger partial charge in [-0.3, -0.25) is 0 Å². The standard InChI is InChI=1S/C17H24N2OS/c1-4-20-12-16-19-15(11-18-10-13(2)3)17(21-16)14-8-6-5-7-9-14/h5-9,13,18H,4,10-12H2,1-3H3. The first-order valence-corrected chi connectivity index (χ1v) is 8.34. The van der Waals surface area contributed by atoms with Gasteiger partial charge in [-0.05, 0) is 24.9 Å². The van der Waals surface area contributed by atoms with E-state index in [0.717, 1.165) is 30.4 Å². The molecule has 0 radical (unpaired) electrons. The van der Waals surface area contributed by atoms with Gasteiger partial charge >= 0.3 is 0 Å². The van der Waals surface area contributed by atoms with Crippen molar-refractivity contribution in [2.75, 3.05) is 13.2 Å². The van der Waals surface area contributed by atoms with Crippen LogP contribution in [0.4, 0.5) is 0 Å². The highest BCUT2D eigenvalue weighted by molar-refractivity contribution is 7.15. The molecule has 0 unspecified atom stereocenters. The maximum Gasteiger partial charge on any atom is 0.119 e. The zero-order chi connectivity index (χ0) is 15.1. The van der Waals surface area contributed by atoms with Crippen LogP contribution in [-0.4, -0.2) is 18.1 Å². The van der Waals surface area contributed by atoms with Gasteiger partial charge in [-0.1, -0.05) is 44.2 Å². The highest BCUT2D eigenvalue weighted by Gasteiger charge is 2.13. The number of nitrogens with zero attached hydrogens (tertiary/aromatic N) is 1. The second-order valence-electron chi connectivity index (χ2n) is 5.41. The predicted molar refractivity (Wildman–Crippen MR) is 89.4 cm³/mol. The summed E-state index contributed by atoms with van der Waals surface area (Å²) in [4.78, 5) is 6.00. The number of thiazole rings is 1. The SMILES string of the molecule is CCOCc1nc(CNCC(C)C)c(-c2ccccc2)s1. The Morgan fingerprint density at radius 2 is 2.00 bits per heavy atom. The van der Waals surface area contributed by atoms with Crippen molar-refractivity contribution in [3.63, 3.8) is 0 Å². The molecule has 0 spiro atoms. The van der Waals surface area contributed by atoms with Crippen molar-refractivity contribution >= 4 is 11.3 Å². The molecule has 1 heterocycles. The average molecular weight is 304 g/mol. The molecule has 0 aliphatic carbocycles. The van der Waals surface area contributed by atoms with Gasteiger partial charge in [0.25, 0.3) is 0 Å². The average Bonchev–Trinajstić information content (AvgIpc) is 2.89. The zero-order valence-corrected chi connectivity index (χ0v) is 13.9. The van der Waals surface area contributed by atoms with Crippen molar-refractivity contribution in [3.8, 4) is 10.4 Å². The third kappa shape index (κ3) is 4.92. The van der Waals surface area contributed by atoms with Crippen LogP contribution in [0, 0.1) is 5.92 Å². The summed E-state index contributed by atoms with van der Waals surface area (Å²) in [5.74, 6) is 0.645. The second kappa shape index (κ2) is 8.27. The van der Waals surface area contributed by atoms with Crippen molar-refractivity contribution in [2.45, 2.75) is 33.9 Å². The summed E-state index contributed by atoms with van der Waals surface area (Å²) in [6, 6.07) is 10.5. The fourth-order valence-electron chi connectivity index (χ4n) is 2.07. The first-order chi connectivity index (χ1) is 10.2. The Labute approximate surface area is 131 Å². The molecule has 1 aromatic heterocycles. The van der Waals surface area contributed by atoms with Gasteiger partial charge < -0.3 is 10.1 Å². The second-order valence-corrected chi connectivity index (χ2v) is 6.49. The molecule has 0 aliphatic heterocycles. The molecular weight excluding hydrogens is 280 g/mol. The summed E-state index contributed by atoms with van der Waals surface area (Å²) in [6.45, 7) is 9.58. The first-order valence-electron chi connectivity index (χ1n) is 7.53. The molecule has 2 aromatic rings. The maximum atomic E-state index is 5.49. The molecule has 1 N–H and O–H groups in total. The number of ether oxygens (including phenoxy) is 1. The number of hydrogen-bond acceptors (Lipinski definition) is 4. The summed E-state index contributed by atoms with van der Waals surface area (Å²) in [7, 11) is 0. The van der Waals surface area contributed by atoms with Gasteiger partial charge in [0.2, 0.25) is 0 Å². The molecule has 3 nitrogen and oxygen atoms in total. The lowest BCUT2D eigenvalue weighted by atomic mass is 10.1.